The largest absolute Gasteiger partial charge is 0.416 e. The van der Waals surface area contributed by atoms with Gasteiger partial charge in [-0.15, -0.1) is 0 Å². The summed E-state index contributed by atoms with van der Waals surface area (Å²) in [5.74, 6) is -0.135. The van der Waals surface area contributed by atoms with Gasteiger partial charge >= 0.3 is 6.18 Å². The Hall–Kier alpha value is -5.68. The van der Waals surface area contributed by atoms with E-state index in [4.69, 9.17) is 4.99 Å². The quantitative estimate of drug-likeness (QED) is 0.172. The lowest BCUT2D eigenvalue weighted by molar-refractivity contribution is -0.137. The second kappa shape index (κ2) is 12.2. The minimum Gasteiger partial charge on any atom is -0.311 e. The molecule has 8 rings (SSSR count). The Labute approximate surface area is 277 Å². The van der Waals surface area contributed by atoms with Gasteiger partial charge in [-0.05, 0) is 94.2 Å². The van der Waals surface area contributed by atoms with Gasteiger partial charge in [0.2, 0.25) is 0 Å². The molecule has 0 spiro atoms. The van der Waals surface area contributed by atoms with E-state index in [9.17, 15) is 13.2 Å². The van der Waals surface area contributed by atoms with Gasteiger partial charge in [0.25, 0.3) is 0 Å². The second-order valence-corrected chi connectivity index (χ2v) is 12.2. The first kappa shape index (κ1) is 29.7. The van der Waals surface area contributed by atoms with Crippen LogP contribution in [0.2, 0.25) is 0 Å². The van der Waals surface area contributed by atoms with E-state index in [1.807, 2.05) is 60.7 Å². The van der Waals surface area contributed by atoms with Gasteiger partial charge < -0.3 is 4.90 Å². The van der Waals surface area contributed by atoms with Crippen molar-refractivity contribution in [3.05, 3.63) is 180 Å². The third-order valence-corrected chi connectivity index (χ3v) is 9.34. The smallest absolute Gasteiger partial charge is 0.311 e. The molecule has 5 heteroatoms. The number of para-hydroxylation sites is 2. The van der Waals surface area contributed by atoms with Crippen molar-refractivity contribution in [2.75, 3.05) is 4.90 Å². The van der Waals surface area contributed by atoms with Gasteiger partial charge in [0.15, 0.2) is 0 Å². The molecule has 0 aromatic heterocycles. The molecule has 1 unspecified atom stereocenters. The maximum atomic E-state index is 13.5. The Morgan fingerprint density at radius 1 is 0.521 bits per heavy atom. The number of benzene rings is 7. The zero-order valence-corrected chi connectivity index (χ0v) is 26.0. The SMILES string of the molecule is FC(F)(F)c1ccc(C2CCC(c3ccc(N(c4ccccc4)c4ccccc4)cc3)=Nc3c2c2ccccc2c2ccccc32)cc1. The highest BCUT2D eigenvalue weighted by molar-refractivity contribution is 6.17. The summed E-state index contributed by atoms with van der Waals surface area (Å²) in [6.45, 7) is 0. The summed E-state index contributed by atoms with van der Waals surface area (Å²) >= 11 is 0. The zero-order valence-electron chi connectivity index (χ0n) is 26.0. The Balaban J connectivity index is 1.27. The maximum Gasteiger partial charge on any atom is 0.416 e. The third kappa shape index (κ3) is 5.41. The Morgan fingerprint density at radius 3 is 1.60 bits per heavy atom. The van der Waals surface area contributed by atoms with Crippen molar-refractivity contribution in [2.24, 2.45) is 4.99 Å². The van der Waals surface area contributed by atoms with Crippen LogP contribution in [0.25, 0.3) is 21.5 Å². The molecule has 0 amide bonds. The van der Waals surface area contributed by atoms with Crippen molar-refractivity contribution >= 4 is 50.0 Å². The van der Waals surface area contributed by atoms with Gasteiger partial charge in [0, 0.05) is 34.1 Å². The van der Waals surface area contributed by atoms with Crippen LogP contribution in [0.5, 0.6) is 0 Å². The van der Waals surface area contributed by atoms with Crippen LogP contribution in [-0.2, 0) is 6.18 Å². The monoisotopic (exact) mass is 632 g/mol. The minimum atomic E-state index is -4.39. The first-order valence-electron chi connectivity index (χ1n) is 16.1. The summed E-state index contributed by atoms with van der Waals surface area (Å²) in [5.41, 5.74) is 7.32. The van der Waals surface area contributed by atoms with Crippen molar-refractivity contribution in [3.63, 3.8) is 0 Å². The summed E-state index contributed by atoms with van der Waals surface area (Å²) in [7, 11) is 0. The van der Waals surface area contributed by atoms with E-state index in [-0.39, 0.29) is 5.92 Å². The summed E-state index contributed by atoms with van der Waals surface area (Å²) in [6.07, 6.45) is -3.01. The summed E-state index contributed by atoms with van der Waals surface area (Å²) < 4.78 is 40.6. The molecule has 234 valence electrons. The number of anilines is 3. The number of alkyl halides is 3. The fraction of sp³-hybridized carbons (Fsp3) is 0.0930. The van der Waals surface area contributed by atoms with Crippen molar-refractivity contribution < 1.29 is 13.2 Å². The topological polar surface area (TPSA) is 15.6 Å². The number of rotatable bonds is 5. The second-order valence-electron chi connectivity index (χ2n) is 12.2. The van der Waals surface area contributed by atoms with Crippen LogP contribution in [-0.4, -0.2) is 5.71 Å². The van der Waals surface area contributed by atoms with E-state index in [2.05, 4.69) is 77.7 Å². The molecule has 0 aliphatic carbocycles. The molecule has 7 aromatic rings. The van der Waals surface area contributed by atoms with Crippen LogP contribution in [0.4, 0.5) is 35.9 Å². The number of fused-ring (bicyclic) bond motifs is 6. The van der Waals surface area contributed by atoms with Crippen molar-refractivity contribution in [1.29, 1.82) is 0 Å². The van der Waals surface area contributed by atoms with Gasteiger partial charge in [0.1, 0.15) is 0 Å². The molecule has 48 heavy (non-hydrogen) atoms. The van der Waals surface area contributed by atoms with Crippen molar-refractivity contribution in [1.82, 2.24) is 0 Å². The lowest BCUT2D eigenvalue weighted by atomic mass is 9.82. The van der Waals surface area contributed by atoms with Gasteiger partial charge in [0.05, 0.1) is 11.3 Å². The highest BCUT2D eigenvalue weighted by Crippen LogP contribution is 2.48. The number of aliphatic imine (C=N–C) groups is 1. The molecule has 0 saturated heterocycles. The molecule has 0 N–H and O–H groups in total. The lowest BCUT2D eigenvalue weighted by Gasteiger charge is -2.25. The fourth-order valence-electron chi connectivity index (χ4n) is 7.09. The molecule has 1 heterocycles. The van der Waals surface area contributed by atoms with E-state index in [1.54, 1.807) is 12.1 Å². The van der Waals surface area contributed by atoms with Crippen LogP contribution >= 0.6 is 0 Å². The molecule has 2 nitrogen and oxygen atoms in total. The molecule has 1 aliphatic rings. The van der Waals surface area contributed by atoms with Crippen LogP contribution in [0.1, 0.15) is 41.0 Å². The zero-order chi connectivity index (χ0) is 32.7. The number of halogens is 3. The molecule has 0 bridgehead atoms. The van der Waals surface area contributed by atoms with Crippen molar-refractivity contribution in [3.8, 4) is 0 Å². The summed E-state index contributed by atoms with van der Waals surface area (Å²) in [4.78, 5) is 7.66. The predicted molar refractivity (Wildman–Crippen MR) is 191 cm³/mol. The number of hydrogen-bond donors (Lipinski definition) is 0. The van der Waals surface area contributed by atoms with Gasteiger partial charge in [-0.3, -0.25) is 4.99 Å². The molecular weight excluding hydrogens is 601 g/mol. The third-order valence-electron chi connectivity index (χ3n) is 9.34. The molecule has 0 radical (unpaired) electrons. The fourth-order valence-corrected chi connectivity index (χ4v) is 7.09. The molecular formula is C43H31F3N2. The maximum absolute atomic E-state index is 13.5. The van der Waals surface area contributed by atoms with E-state index in [0.29, 0.717) is 12.8 Å². The number of hydrogen-bond acceptors (Lipinski definition) is 2. The summed E-state index contributed by atoms with van der Waals surface area (Å²) in [6, 6.07) is 51.4. The van der Waals surface area contributed by atoms with Crippen LogP contribution < -0.4 is 4.90 Å². The van der Waals surface area contributed by atoms with Crippen molar-refractivity contribution in [2.45, 2.75) is 24.9 Å². The van der Waals surface area contributed by atoms with Gasteiger partial charge in [-0.2, -0.15) is 13.2 Å². The molecule has 0 saturated carbocycles. The van der Waals surface area contributed by atoms with E-state index in [1.165, 1.54) is 12.1 Å². The Bertz CT molecular complexity index is 2220. The van der Waals surface area contributed by atoms with Gasteiger partial charge in [-0.1, -0.05) is 109 Å². The van der Waals surface area contributed by atoms with Crippen LogP contribution in [0.15, 0.2) is 163 Å². The molecule has 1 aliphatic heterocycles. The van der Waals surface area contributed by atoms with Gasteiger partial charge in [-0.25, -0.2) is 0 Å². The average molecular weight is 633 g/mol. The van der Waals surface area contributed by atoms with Crippen LogP contribution in [0, 0.1) is 0 Å². The normalized spacial score (nSPS) is 14.7. The lowest BCUT2D eigenvalue weighted by Crippen LogP contribution is -2.10. The molecule has 0 fully saturated rings. The van der Waals surface area contributed by atoms with Crippen LogP contribution in [0.3, 0.4) is 0 Å². The molecule has 1 atom stereocenters. The minimum absolute atomic E-state index is 0.135. The number of nitrogens with zero attached hydrogens (tertiary/aromatic N) is 2. The Morgan fingerprint density at radius 2 is 1.02 bits per heavy atom. The van der Waals surface area contributed by atoms with E-state index < -0.39 is 11.7 Å². The highest BCUT2D eigenvalue weighted by Gasteiger charge is 2.32. The summed E-state index contributed by atoms with van der Waals surface area (Å²) in [5, 5.41) is 4.35. The highest BCUT2D eigenvalue weighted by atomic mass is 19.4. The predicted octanol–water partition coefficient (Wildman–Crippen LogP) is 12.5. The average Bonchev–Trinajstić information content (AvgIpc) is 3.34. The molecule has 7 aromatic carbocycles. The standard InChI is InChI=1S/C43H31F3N2/c44-43(45,46)31-23-19-29(20-24-31)35-27-28-40(47-42-39-18-10-8-16-37(39)36-15-7-9-17-38(36)41(35)42)30-21-25-34(26-22-30)48(32-11-3-1-4-12-32)33-13-5-2-6-14-33/h1-26,35H,27-28H2. The first-order valence-corrected chi connectivity index (χ1v) is 16.1. The van der Waals surface area contributed by atoms with E-state index in [0.717, 1.165) is 66.7 Å². The van der Waals surface area contributed by atoms with E-state index >= 15 is 0 Å². The first-order chi connectivity index (χ1) is 23.5. The Kier molecular flexibility index (Phi) is 7.53.